The molecule has 0 aliphatic rings. The molecule has 4 heteroatoms. The zero-order chi connectivity index (χ0) is 21.8. The van der Waals surface area contributed by atoms with Crippen LogP contribution in [0.25, 0.3) is 52.0 Å². The first-order valence-corrected chi connectivity index (χ1v) is 12.5. The molecular formula is C28H22N2S2. The van der Waals surface area contributed by atoms with Gasteiger partial charge in [-0.2, -0.15) is 10.2 Å². The van der Waals surface area contributed by atoms with Gasteiger partial charge in [0.2, 0.25) is 0 Å². The van der Waals surface area contributed by atoms with Crippen molar-refractivity contribution in [3.63, 3.8) is 0 Å². The maximum absolute atomic E-state index is 4.59. The SMILES string of the molecule is Cc1nnc(-c2cc(C(C)C)c3c(c2)sc2sc4ccccc4c23)cc1-c1ccccc1. The average Bonchev–Trinajstić information content (AvgIpc) is 3.35. The standard InChI is InChI=1S/C28H22N2S2/c1-16(2)21-13-19(23-15-22(17(3)29-30-23)18-9-5-4-6-10-18)14-25-26(21)27-20-11-7-8-12-24(20)31-28(27)32-25/h4-16H,1-3H3. The summed E-state index contributed by atoms with van der Waals surface area (Å²) in [5.74, 6) is 0.418. The van der Waals surface area contributed by atoms with Gasteiger partial charge in [0.1, 0.15) is 0 Å². The molecule has 3 aromatic heterocycles. The molecule has 3 heterocycles. The molecule has 0 atom stereocenters. The van der Waals surface area contributed by atoms with Crippen LogP contribution in [0.5, 0.6) is 0 Å². The van der Waals surface area contributed by atoms with Gasteiger partial charge in [-0.25, -0.2) is 0 Å². The fraction of sp³-hybridized carbons (Fsp3) is 0.143. The molecule has 0 N–H and O–H groups in total. The van der Waals surface area contributed by atoms with Gasteiger partial charge in [0.25, 0.3) is 0 Å². The van der Waals surface area contributed by atoms with Gasteiger partial charge in [0, 0.05) is 36.7 Å². The highest BCUT2D eigenvalue weighted by atomic mass is 32.2. The summed E-state index contributed by atoms with van der Waals surface area (Å²) in [4.78, 5) is 0. The topological polar surface area (TPSA) is 25.8 Å². The third-order valence-corrected chi connectivity index (χ3v) is 8.53. The van der Waals surface area contributed by atoms with Crippen LogP contribution in [0.2, 0.25) is 0 Å². The number of benzene rings is 3. The number of hydrogen-bond acceptors (Lipinski definition) is 4. The van der Waals surface area contributed by atoms with E-state index >= 15 is 0 Å². The van der Waals surface area contributed by atoms with E-state index in [9.17, 15) is 0 Å². The van der Waals surface area contributed by atoms with Crippen molar-refractivity contribution in [1.82, 2.24) is 10.2 Å². The zero-order valence-corrected chi connectivity index (χ0v) is 19.8. The molecule has 0 spiro atoms. The molecule has 0 amide bonds. The van der Waals surface area contributed by atoms with E-state index in [4.69, 9.17) is 0 Å². The molecule has 2 nitrogen and oxygen atoms in total. The van der Waals surface area contributed by atoms with Gasteiger partial charge in [-0.1, -0.05) is 62.4 Å². The van der Waals surface area contributed by atoms with Crippen molar-refractivity contribution < 1.29 is 0 Å². The maximum Gasteiger partial charge on any atom is 0.0936 e. The van der Waals surface area contributed by atoms with Crippen LogP contribution in [0.1, 0.15) is 31.0 Å². The van der Waals surface area contributed by atoms with Gasteiger partial charge in [0.05, 0.1) is 15.4 Å². The third kappa shape index (κ3) is 3.06. The van der Waals surface area contributed by atoms with E-state index in [0.717, 1.165) is 22.5 Å². The van der Waals surface area contributed by atoms with Crippen LogP contribution in [0.3, 0.4) is 0 Å². The molecule has 6 aromatic rings. The minimum Gasteiger partial charge on any atom is -0.155 e. The van der Waals surface area contributed by atoms with Gasteiger partial charge < -0.3 is 0 Å². The summed E-state index contributed by atoms with van der Waals surface area (Å²) in [7, 11) is 0. The molecule has 0 aliphatic carbocycles. The molecule has 32 heavy (non-hydrogen) atoms. The van der Waals surface area contributed by atoms with Crippen LogP contribution < -0.4 is 0 Å². The Morgan fingerprint density at radius 1 is 0.719 bits per heavy atom. The van der Waals surface area contributed by atoms with Crippen molar-refractivity contribution in [3.8, 4) is 22.4 Å². The molecule has 0 aliphatic heterocycles. The van der Waals surface area contributed by atoms with Gasteiger partial charge >= 0.3 is 0 Å². The summed E-state index contributed by atoms with van der Waals surface area (Å²) in [6.45, 7) is 6.60. The second kappa shape index (κ2) is 7.51. The summed E-state index contributed by atoms with van der Waals surface area (Å²) in [5.41, 5.74) is 6.72. The van der Waals surface area contributed by atoms with Crippen molar-refractivity contribution >= 4 is 52.2 Å². The molecular weight excluding hydrogens is 428 g/mol. The van der Waals surface area contributed by atoms with Crippen LogP contribution >= 0.6 is 22.7 Å². The summed E-state index contributed by atoms with van der Waals surface area (Å²) in [6.07, 6.45) is 0. The lowest BCUT2D eigenvalue weighted by Gasteiger charge is -2.12. The Morgan fingerprint density at radius 3 is 2.28 bits per heavy atom. The van der Waals surface area contributed by atoms with Gasteiger partial charge in [-0.05, 0) is 48.2 Å². The van der Waals surface area contributed by atoms with E-state index < -0.39 is 0 Å². The van der Waals surface area contributed by atoms with Crippen molar-refractivity contribution in [1.29, 1.82) is 0 Å². The molecule has 0 saturated heterocycles. The summed E-state index contributed by atoms with van der Waals surface area (Å²) in [5, 5.41) is 13.3. The highest BCUT2D eigenvalue weighted by Gasteiger charge is 2.19. The number of aromatic nitrogens is 2. The zero-order valence-electron chi connectivity index (χ0n) is 18.2. The summed E-state index contributed by atoms with van der Waals surface area (Å²) >= 11 is 3.80. The van der Waals surface area contributed by atoms with E-state index in [1.807, 2.05) is 35.7 Å². The Morgan fingerprint density at radius 2 is 1.47 bits per heavy atom. The number of fused-ring (bicyclic) bond motifs is 5. The van der Waals surface area contributed by atoms with Crippen LogP contribution in [0.15, 0.2) is 72.8 Å². The minimum absolute atomic E-state index is 0.418. The predicted molar refractivity (Wildman–Crippen MR) is 140 cm³/mol. The second-order valence-corrected chi connectivity index (χ2v) is 10.9. The smallest absolute Gasteiger partial charge is 0.0936 e. The predicted octanol–water partition coefficient (Wildman–Crippen LogP) is 8.83. The summed E-state index contributed by atoms with van der Waals surface area (Å²) < 4.78 is 4.10. The maximum atomic E-state index is 4.59. The average molecular weight is 451 g/mol. The van der Waals surface area contributed by atoms with Gasteiger partial charge in [-0.3, -0.25) is 0 Å². The normalized spacial score (nSPS) is 11.9. The van der Waals surface area contributed by atoms with Crippen molar-refractivity contribution in [2.24, 2.45) is 0 Å². The number of thiophene rings is 2. The van der Waals surface area contributed by atoms with E-state index in [0.29, 0.717) is 5.92 Å². The number of rotatable bonds is 3. The lowest BCUT2D eigenvalue weighted by Crippen LogP contribution is -1.96. The molecule has 156 valence electrons. The highest BCUT2D eigenvalue weighted by Crippen LogP contribution is 2.47. The number of nitrogens with zero attached hydrogens (tertiary/aromatic N) is 2. The first-order valence-electron chi connectivity index (χ1n) is 10.9. The lowest BCUT2D eigenvalue weighted by molar-refractivity contribution is 0.877. The fourth-order valence-corrected chi connectivity index (χ4v) is 7.19. The Hall–Kier alpha value is -3.08. The fourth-order valence-electron chi connectivity index (χ4n) is 4.52. The number of hydrogen-bond donors (Lipinski definition) is 0. The lowest BCUT2D eigenvalue weighted by atomic mass is 9.93. The van der Waals surface area contributed by atoms with E-state index in [2.05, 4.69) is 90.8 Å². The Labute approximate surface area is 195 Å². The van der Waals surface area contributed by atoms with Crippen molar-refractivity contribution in [2.75, 3.05) is 0 Å². The molecule has 6 rings (SSSR count). The highest BCUT2D eigenvalue weighted by molar-refractivity contribution is 7.44. The first-order chi connectivity index (χ1) is 15.6. The minimum atomic E-state index is 0.418. The Bertz CT molecular complexity index is 1610. The molecule has 3 aromatic carbocycles. The second-order valence-electron chi connectivity index (χ2n) is 8.55. The van der Waals surface area contributed by atoms with E-state index in [1.54, 1.807) is 0 Å². The number of aryl methyl sites for hydroxylation is 1. The third-order valence-electron chi connectivity index (χ3n) is 6.13. The van der Waals surface area contributed by atoms with Crippen LogP contribution in [-0.4, -0.2) is 10.2 Å². The molecule has 0 saturated carbocycles. The van der Waals surface area contributed by atoms with Crippen LogP contribution in [-0.2, 0) is 0 Å². The molecule has 0 unspecified atom stereocenters. The van der Waals surface area contributed by atoms with Crippen LogP contribution in [0.4, 0.5) is 0 Å². The largest absolute Gasteiger partial charge is 0.155 e. The quantitative estimate of drug-likeness (QED) is 0.269. The van der Waals surface area contributed by atoms with Gasteiger partial charge in [0.15, 0.2) is 0 Å². The monoisotopic (exact) mass is 450 g/mol. The molecule has 0 radical (unpaired) electrons. The molecule has 0 fully saturated rings. The van der Waals surface area contributed by atoms with E-state index in [1.165, 1.54) is 40.7 Å². The Balaban J connectivity index is 1.61. The van der Waals surface area contributed by atoms with E-state index in [-0.39, 0.29) is 0 Å². The molecule has 0 bridgehead atoms. The van der Waals surface area contributed by atoms with Crippen molar-refractivity contribution in [2.45, 2.75) is 26.7 Å². The Kier molecular flexibility index (Phi) is 4.60. The summed E-state index contributed by atoms with van der Waals surface area (Å²) in [6, 6.07) is 26.1. The van der Waals surface area contributed by atoms with Gasteiger partial charge in [-0.15, -0.1) is 22.7 Å². The van der Waals surface area contributed by atoms with Crippen molar-refractivity contribution in [3.05, 3.63) is 84.1 Å². The van der Waals surface area contributed by atoms with Crippen LogP contribution in [0, 0.1) is 6.92 Å². The first kappa shape index (κ1) is 19.6.